The fraction of sp³-hybridized carbons (Fsp3) is 0.400. The first-order chi connectivity index (χ1) is 9.66. The van der Waals surface area contributed by atoms with Crippen molar-refractivity contribution in [3.05, 3.63) is 40.3 Å². The Morgan fingerprint density at radius 1 is 1.45 bits per heavy atom. The zero-order valence-electron chi connectivity index (χ0n) is 11.3. The molecule has 0 N–H and O–H groups in total. The number of fused-ring (bicyclic) bond motifs is 1. The number of rotatable bonds is 3. The molecule has 1 saturated heterocycles. The van der Waals surface area contributed by atoms with Gasteiger partial charge in [0.15, 0.2) is 5.78 Å². The van der Waals surface area contributed by atoms with Gasteiger partial charge in [-0.1, -0.05) is 12.1 Å². The van der Waals surface area contributed by atoms with E-state index in [4.69, 9.17) is 4.74 Å². The summed E-state index contributed by atoms with van der Waals surface area (Å²) in [6.07, 6.45) is 0.746. The van der Waals surface area contributed by atoms with E-state index >= 15 is 0 Å². The largest absolute Gasteiger partial charge is 0.381 e. The molecule has 1 aliphatic heterocycles. The number of Topliss-reactive ketones (excluding diaryl/α,β-unsaturated/α-hetero) is 1. The maximum absolute atomic E-state index is 12.3. The third-order valence-corrected chi connectivity index (χ3v) is 3.71. The fourth-order valence-corrected chi connectivity index (χ4v) is 2.55. The highest BCUT2D eigenvalue weighted by Crippen LogP contribution is 2.16. The average Bonchev–Trinajstić information content (AvgIpc) is 2.98. The summed E-state index contributed by atoms with van der Waals surface area (Å²) in [4.78, 5) is 28.8. The Hall–Kier alpha value is -2.01. The van der Waals surface area contributed by atoms with E-state index < -0.39 is 0 Å². The summed E-state index contributed by atoms with van der Waals surface area (Å²) >= 11 is 0. The number of ketones is 1. The van der Waals surface area contributed by atoms with Crippen LogP contribution in [0.15, 0.2) is 29.1 Å². The van der Waals surface area contributed by atoms with E-state index in [2.05, 4.69) is 4.98 Å². The lowest BCUT2D eigenvalue weighted by Gasteiger charge is -2.12. The molecule has 1 unspecified atom stereocenters. The molecule has 2 aromatic rings. The number of carbonyl (C=O) groups excluding carboxylic acids is 1. The van der Waals surface area contributed by atoms with E-state index in [0.717, 1.165) is 11.9 Å². The standard InChI is InChI=1S/C15H16N2O3/c1-10-15(19)17(8-14(18)11-6-7-20-9-11)13-5-3-2-4-12(13)16-10/h2-5,11H,6-9H2,1H3. The van der Waals surface area contributed by atoms with E-state index in [1.54, 1.807) is 6.92 Å². The Morgan fingerprint density at radius 3 is 3.00 bits per heavy atom. The molecule has 1 aromatic heterocycles. The molecule has 0 aliphatic carbocycles. The first-order valence-corrected chi connectivity index (χ1v) is 6.73. The second kappa shape index (κ2) is 5.17. The van der Waals surface area contributed by atoms with Gasteiger partial charge in [-0.3, -0.25) is 14.2 Å². The molecule has 5 nitrogen and oxygen atoms in total. The molecule has 3 rings (SSSR count). The van der Waals surface area contributed by atoms with Gasteiger partial charge in [-0.05, 0) is 25.5 Å². The summed E-state index contributed by atoms with van der Waals surface area (Å²) in [6.45, 7) is 2.86. The molecule has 0 saturated carbocycles. The molecule has 0 bridgehead atoms. The first kappa shape index (κ1) is 13.0. The molecule has 20 heavy (non-hydrogen) atoms. The SMILES string of the molecule is Cc1nc2ccccc2n(CC(=O)C2CCOC2)c1=O. The van der Waals surface area contributed by atoms with Gasteiger partial charge in [-0.15, -0.1) is 0 Å². The second-order valence-electron chi connectivity index (χ2n) is 5.10. The van der Waals surface area contributed by atoms with Crippen molar-refractivity contribution in [1.82, 2.24) is 9.55 Å². The van der Waals surface area contributed by atoms with Crippen LogP contribution in [0.5, 0.6) is 0 Å². The van der Waals surface area contributed by atoms with E-state index in [1.807, 2.05) is 24.3 Å². The number of hydrogen-bond acceptors (Lipinski definition) is 4. The second-order valence-corrected chi connectivity index (χ2v) is 5.10. The highest BCUT2D eigenvalue weighted by Gasteiger charge is 2.24. The third-order valence-electron chi connectivity index (χ3n) is 3.71. The summed E-state index contributed by atoms with van der Waals surface area (Å²) in [6, 6.07) is 7.39. The number of ether oxygens (including phenoxy) is 1. The highest BCUT2D eigenvalue weighted by molar-refractivity contribution is 5.83. The van der Waals surface area contributed by atoms with Gasteiger partial charge in [-0.2, -0.15) is 0 Å². The Balaban J connectivity index is 2.03. The van der Waals surface area contributed by atoms with Crippen LogP contribution in [0.2, 0.25) is 0 Å². The number of benzene rings is 1. The molecule has 104 valence electrons. The Bertz CT molecular complexity index is 715. The zero-order chi connectivity index (χ0) is 14.1. The van der Waals surface area contributed by atoms with Crippen LogP contribution >= 0.6 is 0 Å². The van der Waals surface area contributed by atoms with E-state index in [1.165, 1.54) is 4.57 Å². The van der Waals surface area contributed by atoms with Crippen molar-refractivity contribution < 1.29 is 9.53 Å². The molecule has 2 heterocycles. The number of aryl methyl sites for hydroxylation is 1. The summed E-state index contributed by atoms with van der Waals surface area (Å²) < 4.78 is 6.76. The van der Waals surface area contributed by atoms with Gasteiger partial charge in [-0.25, -0.2) is 4.98 Å². The van der Waals surface area contributed by atoms with Crippen LogP contribution in [0.4, 0.5) is 0 Å². The van der Waals surface area contributed by atoms with Crippen LogP contribution in [0.3, 0.4) is 0 Å². The Morgan fingerprint density at radius 2 is 2.25 bits per heavy atom. The molecule has 0 radical (unpaired) electrons. The van der Waals surface area contributed by atoms with E-state index in [0.29, 0.717) is 24.4 Å². The minimum Gasteiger partial charge on any atom is -0.381 e. The molecule has 1 aromatic carbocycles. The molecule has 1 fully saturated rings. The van der Waals surface area contributed by atoms with Crippen molar-refractivity contribution in [3.8, 4) is 0 Å². The predicted molar refractivity (Wildman–Crippen MR) is 74.7 cm³/mol. The summed E-state index contributed by atoms with van der Waals surface area (Å²) in [7, 11) is 0. The lowest BCUT2D eigenvalue weighted by molar-refractivity contribution is -0.123. The average molecular weight is 272 g/mol. The monoisotopic (exact) mass is 272 g/mol. The molecular formula is C15H16N2O3. The number of para-hydroxylation sites is 2. The lowest BCUT2D eigenvalue weighted by atomic mass is 10.0. The van der Waals surface area contributed by atoms with Crippen molar-refractivity contribution in [1.29, 1.82) is 0 Å². The number of nitrogens with zero attached hydrogens (tertiary/aromatic N) is 2. The van der Waals surface area contributed by atoms with Crippen molar-refractivity contribution in [2.24, 2.45) is 5.92 Å². The van der Waals surface area contributed by atoms with Crippen molar-refractivity contribution in [3.63, 3.8) is 0 Å². The van der Waals surface area contributed by atoms with Gasteiger partial charge >= 0.3 is 0 Å². The molecule has 0 amide bonds. The minimum absolute atomic E-state index is 0.0559. The van der Waals surface area contributed by atoms with Crippen LogP contribution < -0.4 is 5.56 Å². The molecule has 0 spiro atoms. The normalized spacial score (nSPS) is 18.6. The Labute approximate surface area is 116 Å². The quantitative estimate of drug-likeness (QED) is 0.845. The van der Waals surface area contributed by atoms with E-state index in [-0.39, 0.29) is 23.8 Å². The van der Waals surface area contributed by atoms with Gasteiger partial charge in [0.25, 0.3) is 5.56 Å². The number of carbonyl (C=O) groups is 1. The smallest absolute Gasteiger partial charge is 0.272 e. The lowest BCUT2D eigenvalue weighted by Crippen LogP contribution is -2.30. The molecule has 5 heteroatoms. The molecule has 1 aliphatic rings. The third kappa shape index (κ3) is 2.25. The van der Waals surface area contributed by atoms with Gasteiger partial charge in [0.1, 0.15) is 5.69 Å². The van der Waals surface area contributed by atoms with E-state index in [9.17, 15) is 9.59 Å². The fourth-order valence-electron chi connectivity index (χ4n) is 2.55. The summed E-state index contributed by atoms with van der Waals surface area (Å²) in [5.74, 6) is -0.0329. The van der Waals surface area contributed by atoms with Crippen LogP contribution in [0.25, 0.3) is 11.0 Å². The summed E-state index contributed by atoms with van der Waals surface area (Å²) in [5, 5.41) is 0. The maximum atomic E-state index is 12.3. The molecule has 1 atom stereocenters. The van der Waals surface area contributed by atoms with Gasteiger partial charge in [0.05, 0.1) is 24.2 Å². The van der Waals surface area contributed by atoms with Gasteiger partial charge < -0.3 is 4.74 Å². The summed E-state index contributed by atoms with van der Waals surface area (Å²) in [5.41, 5.74) is 1.66. The van der Waals surface area contributed by atoms with Crippen LogP contribution in [-0.4, -0.2) is 28.5 Å². The minimum atomic E-state index is -0.198. The van der Waals surface area contributed by atoms with Crippen LogP contribution in [-0.2, 0) is 16.1 Å². The number of aromatic nitrogens is 2. The van der Waals surface area contributed by atoms with Crippen molar-refractivity contribution >= 4 is 16.8 Å². The van der Waals surface area contributed by atoms with Crippen molar-refractivity contribution in [2.75, 3.05) is 13.2 Å². The number of hydrogen-bond donors (Lipinski definition) is 0. The zero-order valence-corrected chi connectivity index (χ0v) is 11.3. The topological polar surface area (TPSA) is 61.2 Å². The van der Waals surface area contributed by atoms with Gasteiger partial charge in [0, 0.05) is 12.5 Å². The van der Waals surface area contributed by atoms with Crippen molar-refractivity contribution in [2.45, 2.75) is 19.9 Å². The molecular weight excluding hydrogens is 256 g/mol. The predicted octanol–water partition coefficient (Wildman–Crippen LogP) is 1.31. The van der Waals surface area contributed by atoms with Crippen LogP contribution in [0.1, 0.15) is 12.1 Å². The van der Waals surface area contributed by atoms with Gasteiger partial charge in [0.2, 0.25) is 0 Å². The highest BCUT2D eigenvalue weighted by atomic mass is 16.5. The maximum Gasteiger partial charge on any atom is 0.272 e. The Kier molecular flexibility index (Phi) is 3.36. The van der Waals surface area contributed by atoms with Crippen LogP contribution in [0, 0.1) is 12.8 Å². The first-order valence-electron chi connectivity index (χ1n) is 6.73.